The first-order chi connectivity index (χ1) is 4.93. The topological polar surface area (TPSA) is 22.1 Å². The van der Waals surface area contributed by atoms with Crippen molar-refractivity contribution in [2.45, 2.75) is 0 Å². The summed E-state index contributed by atoms with van der Waals surface area (Å²) < 4.78 is 5.15. The number of hydrogen-bond donors (Lipinski definition) is 1. The number of ether oxygens (including phenoxy) is 1. The van der Waals surface area contributed by atoms with Gasteiger partial charge in [0.1, 0.15) is 0 Å². The van der Waals surface area contributed by atoms with Gasteiger partial charge in [0.15, 0.2) is 0 Å². The van der Waals surface area contributed by atoms with E-state index in [4.69, 9.17) is 4.74 Å². The van der Waals surface area contributed by atoms with Gasteiger partial charge in [0.25, 0.3) is 0 Å². The summed E-state index contributed by atoms with van der Waals surface area (Å²) in [5, 5.41) is 0. The van der Waals surface area contributed by atoms with Gasteiger partial charge in [-0.2, -0.15) is 12.6 Å². The van der Waals surface area contributed by atoms with Crippen LogP contribution in [0.2, 0.25) is 0 Å². The lowest BCUT2D eigenvalue weighted by Crippen LogP contribution is -1.98. The van der Waals surface area contributed by atoms with Gasteiger partial charge in [-0.05, 0) is 6.07 Å². The van der Waals surface area contributed by atoms with Gasteiger partial charge in [0.05, 0.1) is 6.61 Å². The predicted octanol–water partition coefficient (Wildman–Crippen LogP) is 1.19. The molecule has 0 spiro atoms. The Morgan fingerprint density at radius 3 is 3.20 bits per heavy atom. The van der Waals surface area contributed by atoms with Crippen molar-refractivity contribution in [3.63, 3.8) is 0 Å². The molecule has 0 aliphatic carbocycles. The van der Waals surface area contributed by atoms with Crippen molar-refractivity contribution in [2.24, 2.45) is 0 Å². The number of aromatic nitrogens is 1. The molecule has 0 bridgehead atoms. The summed E-state index contributed by atoms with van der Waals surface area (Å²) in [6.07, 6.45) is 1.58. The Kier molecular flexibility index (Phi) is 3.09. The summed E-state index contributed by atoms with van der Waals surface area (Å²) in [6, 6.07) is 6.33. The molecule has 1 aromatic rings. The Morgan fingerprint density at radius 2 is 2.60 bits per heavy atom. The molecule has 1 radical (unpaired) electrons. The fourth-order valence-corrected chi connectivity index (χ4v) is 0.633. The summed E-state index contributed by atoms with van der Waals surface area (Å²) in [5.41, 5.74) is 0. The molecule has 0 aromatic carbocycles. The van der Waals surface area contributed by atoms with Crippen LogP contribution in [0.15, 0.2) is 18.3 Å². The van der Waals surface area contributed by atoms with Gasteiger partial charge in [0, 0.05) is 24.1 Å². The first-order valence-electron chi connectivity index (χ1n) is 2.99. The van der Waals surface area contributed by atoms with E-state index in [2.05, 4.69) is 23.7 Å². The normalized spacial score (nSPS) is 9.30. The Labute approximate surface area is 65.6 Å². The second kappa shape index (κ2) is 4.17. The van der Waals surface area contributed by atoms with Crippen LogP contribution in [-0.2, 0) is 0 Å². The summed E-state index contributed by atoms with van der Waals surface area (Å²) in [6.45, 7) is 0.597. The van der Waals surface area contributed by atoms with Gasteiger partial charge in [-0.15, -0.1) is 0 Å². The van der Waals surface area contributed by atoms with Crippen LogP contribution >= 0.6 is 12.6 Å². The quantitative estimate of drug-likeness (QED) is 0.661. The van der Waals surface area contributed by atoms with Crippen molar-refractivity contribution >= 4 is 12.6 Å². The van der Waals surface area contributed by atoms with Gasteiger partial charge in [-0.25, -0.2) is 4.98 Å². The minimum atomic E-state index is 0.597. The van der Waals surface area contributed by atoms with Crippen LogP contribution in [0.4, 0.5) is 0 Å². The SMILES string of the molecule is SCCOc1cc[c]cn1. The molecule has 0 saturated carbocycles. The zero-order valence-electron chi connectivity index (χ0n) is 5.45. The summed E-state index contributed by atoms with van der Waals surface area (Å²) in [4.78, 5) is 3.90. The van der Waals surface area contributed by atoms with Gasteiger partial charge in [0.2, 0.25) is 5.88 Å². The fourth-order valence-electron chi connectivity index (χ4n) is 0.542. The maximum atomic E-state index is 5.15. The van der Waals surface area contributed by atoms with Crippen molar-refractivity contribution in [2.75, 3.05) is 12.4 Å². The second-order valence-electron chi connectivity index (χ2n) is 1.67. The van der Waals surface area contributed by atoms with E-state index >= 15 is 0 Å². The van der Waals surface area contributed by atoms with Crippen molar-refractivity contribution in [3.8, 4) is 5.88 Å². The van der Waals surface area contributed by atoms with Crippen LogP contribution in [0.3, 0.4) is 0 Å². The molecule has 0 unspecified atom stereocenters. The second-order valence-corrected chi connectivity index (χ2v) is 2.12. The Bertz CT molecular complexity index is 178. The van der Waals surface area contributed by atoms with Crippen LogP contribution in [0, 0.1) is 6.07 Å². The monoisotopic (exact) mass is 154 g/mol. The van der Waals surface area contributed by atoms with E-state index in [1.807, 2.05) is 0 Å². The molecule has 0 saturated heterocycles. The Hall–Kier alpha value is -0.700. The van der Waals surface area contributed by atoms with Crippen molar-refractivity contribution in [3.05, 3.63) is 24.4 Å². The summed E-state index contributed by atoms with van der Waals surface area (Å²) in [5.74, 6) is 1.34. The molecule has 1 rings (SSSR count). The largest absolute Gasteiger partial charge is 0.477 e. The molecule has 1 aromatic heterocycles. The molecule has 0 aliphatic rings. The zero-order chi connectivity index (χ0) is 7.23. The molecule has 53 valence electrons. The minimum absolute atomic E-state index is 0.597. The first kappa shape index (κ1) is 7.41. The average Bonchev–Trinajstić information content (AvgIpc) is 2.03. The van der Waals surface area contributed by atoms with Crippen molar-refractivity contribution in [1.82, 2.24) is 4.98 Å². The molecule has 1 heterocycles. The third kappa shape index (κ3) is 2.27. The molecule has 10 heavy (non-hydrogen) atoms. The van der Waals surface area contributed by atoms with Gasteiger partial charge in [-0.1, -0.05) is 0 Å². The highest BCUT2D eigenvalue weighted by Crippen LogP contribution is 2.01. The highest BCUT2D eigenvalue weighted by atomic mass is 32.1. The molecule has 2 nitrogen and oxygen atoms in total. The van der Waals surface area contributed by atoms with E-state index in [0.29, 0.717) is 18.2 Å². The van der Waals surface area contributed by atoms with Gasteiger partial charge in [-0.3, -0.25) is 0 Å². The molecule has 0 amide bonds. The number of nitrogens with zero attached hydrogens (tertiary/aromatic N) is 1. The molecule has 0 N–H and O–H groups in total. The Morgan fingerprint density at radius 1 is 1.70 bits per heavy atom. The van der Waals surface area contributed by atoms with Crippen LogP contribution in [0.1, 0.15) is 0 Å². The number of rotatable bonds is 3. The molecular formula is C7H8NOS. The smallest absolute Gasteiger partial charge is 0.213 e. The third-order valence-corrected chi connectivity index (χ3v) is 1.11. The summed E-state index contributed by atoms with van der Waals surface area (Å²) >= 11 is 3.99. The van der Waals surface area contributed by atoms with Crippen LogP contribution < -0.4 is 4.74 Å². The van der Waals surface area contributed by atoms with Gasteiger partial charge < -0.3 is 4.74 Å². The Balaban J connectivity index is 2.43. The predicted molar refractivity (Wildman–Crippen MR) is 42.4 cm³/mol. The lowest BCUT2D eigenvalue weighted by Gasteiger charge is -1.99. The van der Waals surface area contributed by atoms with Crippen LogP contribution in [-0.4, -0.2) is 17.3 Å². The number of thiol groups is 1. The third-order valence-electron chi connectivity index (χ3n) is 0.930. The lowest BCUT2D eigenvalue weighted by molar-refractivity contribution is 0.330. The van der Waals surface area contributed by atoms with E-state index < -0.39 is 0 Å². The maximum absolute atomic E-state index is 5.15. The lowest BCUT2D eigenvalue weighted by atomic mass is 10.5. The van der Waals surface area contributed by atoms with Crippen LogP contribution in [0.5, 0.6) is 5.88 Å². The van der Waals surface area contributed by atoms with Crippen molar-refractivity contribution < 1.29 is 4.74 Å². The highest BCUT2D eigenvalue weighted by molar-refractivity contribution is 7.80. The first-order valence-corrected chi connectivity index (χ1v) is 3.62. The summed E-state index contributed by atoms with van der Waals surface area (Å²) in [7, 11) is 0. The maximum Gasteiger partial charge on any atom is 0.213 e. The molecular weight excluding hydrogens is 146 g/mol. The van der Waals surface area contributed by atoms with Gasteiger partial charge >= 0.3 is 0 Å². The minimum Gasteiger partial charge on any atom is -0.477 e. The molecule has 0 fully saturated rings. The van der Waals surface area contributed by atoms with E-state index in [1.165, 1.54) is 0 Å². The fraction of sp³-hybridized carbons (Fsp3) is 0.286. The standard InChI is InChI=1S/C7H8NOS/c10-6-5-9-7-3-1-2-4-8-7/h1,3-4,10H,5-6H2. The average molecular weight is 154 g/mol. The van der Waals surface area contributed by atoms with E-state index in [9.17, 15) is 0 Å². The van der Waals surface area contributed by atoms with E-state index in [0.717, 1.165) is 0 Å². The van der Waals surface area contributed by atoms with E-state index in [1.54, 1.807) is 18.3 Å². The molecule has 0 aliphatic heterocycles. The highest BCUT2D eigenvalue weighted by Gasteiger charge is 1.88. The van der Waals surface area contributed by atoms with Crippen LogP contribution in [0.25, 0.3) is 0 Å². The van der Waals surface area contributed by atoms with E-state index in [-0.39, 0.29) is 0 Å². The molecule has 0 atom stereocenters. The number of hydrogen-bond acceptors (Lipinski definition) is 3. The number of pyridine rings is 1. The zero-order valence-corrected chi connectivity index (χ0v) is 6.34. The molecule has 3 heteroatoms. The van der Waals surface area contributed by atoms with Crippen molar-refractivity contribution in [1.29, 1.82) is 0 Å².